The summed E-state index contributed by atoms with van der Waals surface area (Å²) in [6, 6.07) is 19.4. The van der Waals surface area contributed by atoms with Crippen molar-refractivity contribution in [3.05, 3.63) is 90.0 Å². The summed E-state index contributed by atoms with van der Waals surface area (Å²) in [5, 5.41) is 21.1. The van der Waals surface area contributed by atoms with Gasteiger partial charge < -0.3 is 20.2 Å². The predicted octanol–water partition coefficient (Wildman–Crippen LogP) is 6.73. The number of fused-ring (bicyclic) bond motifs is 3. The first-order valence-corrected chi connectivity index (χ1v) is 14.0. The Bertz CT molecular complexity index is 1430. The van der Waals surface area contributed by atoms with Crippen molar-refractivity contribution in [1.82, 2.24) is 20.3 Å². The lowest BCUT2D eigenvalue weighted by atomic mass is 9.77. The van der Waals surface area contributed by atoms with Gasteiger partial charge in [0.15, 0.2) is 0 Å². The Morgan fingerprint density at radius 1 is 0.950 bits per heavy atom. The van der Waals surface area contributed by atoms with Crippen LogP contribution in [0.5, 0.6) is 0 Å². The summed E-state index contributed by atoms with van der Waals surface area (Å²) >= 11 is 0. The number of aromatic amines is 2. The van der Waals surface area contributed by atoms with Crippen molar-refractivity contribution in [3.8, 4) is 11.3 Å². The number of nitrogens with one attached hydrogen (secondary N) is 3. The van der Waals surface area contributed by atoms with E-state index >= 15 is 0 Å². The van der Waals surface area contributed by atoms with E-state index in [-0.39, 0.29) is 11.6 Å². The molecule has 0 amide bonds. The van der Waals surface area contributed by atoms with Gasteiger partial charge in [-0.1, -0.05) is 88.1 Å². The summed E-state index contributed by atoms with van der Waals surface area (Å²) in [7, 11) is 0. The summed E-state index contributed by atoms with van der Waals surface area (Å²) in [4.78, 5) is 31.5. The minimum absolute atomic E-state index is 0.0387. The zero-order valence-electron chi connectivity index (χ0n) is 23.1. The summed E-state index contributed by atoms with van der Waals surface area (Å²) in [6.07, 6.45) is 11.2. The molecular formula is C32H38N4O4. The van der Waals surface area contributed by atoms with Crippen molar-refractivity contribution < 1.29 is 19.8 Å². The molecule has 5 N–H and O–H groups in total. The zero-order valence-corrected chi connectivity index (χ0v) is 23.1. The molecule has 2 aromatic heterocycles. The molecule has 0 bridgehead atoms. The molecule has 0 unspecified atom stereocenters. The van der Waals surface area contributed by atoms with Gasteiger partial charge in [-0.2, -0.15) is 0 Å². The quantitative estimate of drug-likeness (QED) is 0.141. The lowest BCUT2D eigenvalue weighted by Gasteiger charge is -2.42. The van der Waals surface area contributed by atoms with E-state index in [9.17, 15) is 9.59 Å². The predicted molar refractivity (Wildman–Crippen MR) is 157 cm³/mol. The maximum atomic E-state index is 9.55. The highest BCUT2D eigenvalue weighted by molar-refractivity contribution is 5.89. The first-order valence-electron chi connectivity index (χ1n) is 14.0. The molecule has 0 spiro atoms. The first-order chi connectivity index (χ1) is 19.4. The van der Waals surface area contributed by atoms with Crippen LogP contribution in [-0.2, 0) is 21.5 Å². The number of hydrogen-bond acceptors (Lipinski definition) is 4. The number of aliphatic carboxylic acids is 2. The highest BCUT2D eigenvalue weighted by Crippen LogP contribution is 2.44. The molecule has 4 aromatic rings. The average Bonchev–Trinajstić information content (AvgIpc) is 3.61. The number of nitrogens with zero attached hydrogens (tertiary/aromatic N) is 1. The lowest BCUT2D eigenvalue weighted by Crippen LogP contribution is -2.49. The van der Waals surface area contributed by atoms with Crippen LogP contribution in [0, 0.1) is 0 Å². The van der Waals surface area contributed by atoms with Crippen LogP contribution >= 0.6 is 0 Å². The summed E-state index contributed by atoms with van der Waals surface area (Å²) in [5.74, 6) is -1.48. The normalized spacial score (nSPS) is 15.9. The van der Waals surface area contributed by atoms with E-state index in [2.05, 4.69) is 83.9 Å². The minimum atomic E-state index is -1.26. The third kappa shape index (κ3) is 6.69. The largest absolute Gasteiger partial charge is 0.478 e. The van der Waals surface area contributed by atoms with Gasteiger partial charge in [0, 0.05) is 40.5 Å². The van der Waals surface area contributed by atoms with Crippen LogP contribution in [0.3, 0.4) is 0 Å². The molecule has 0 saturated heterocycles. The van der Waals surface area contributed by atoms with Crippen LogP contribution < -0.4 is 5.32 Å². The highest BCUT2D eigenvalue weighted by Gasteiger charge is 2.42. The van der Waals surface area contributed by atoms with Crippen LogP contribution in [-0.4, -0.2) is 37.1 Å². The molecule has 0 aliphatic carbocycles. The molecule has 1 atom stereocenters. The molecule has 1 aliphatic heterocycles. The number of para-hydroxylation sites is 1. The van der Waals surface area contributed by atoms with Crippen molar-refractivity contribution in [1.29, 1.82) is 0 Å². The molecule has 40 heavy (non-hydrogen) atoms. The number of benzene rings is 2. The third-order valence-corrected chi connectivity index (χ3v) is 7.43. The molecule has 2 aromatic carbocycles. The van der Waals surface area contributed by atoms with Crippen molar-refractivity contribution in [3.63, 3.8) is 0 Å². The van der Waals surface area contributed by atoms with E-state index < -0.39 is 11.9 Å². The standard InChI is InChI=1S/C28H34N4.C4H4O4/c1-3-5-16-28(17-6-4-2)26-22(21-14-10-11-15-23(21)30-26)18-24(32-28)27-29-19-25(31-27)20-12-8-7-9-13-20;5-3(6)1-2-4(7)8/h7-15,19,24,30,32H,3-6,16-18H2,1-2H3,(H,29,31);1-2H,(H,5,6)(H,7,8)/t24-;/m1./s1. The number of carboxylic acids is 2. The third-order valence-electron chi connectivity index (χ3n) is 7.43. The molecule has 0 radical (unpaired) electrons. The van der Waals surface area contributed by atoms with Crippen LogP contribution in [0.15, 0.2) is 72.9 Å². The molecule has 8 heteroatoms. The Balaban J connectivity index is 0.000000406. The summed E-state index contributed by atoms with van der Waals surface area (Å²) in [6.45, 7) is 4.58. The Morgan fingerprint density at radius 3 is 2.20 bits per heavy atom. The van der Waals surface area contributed by atoms with Crippen molar-refractivity contribution in [2.75, 3.05) is 0 Å². The number of hydrogen-bond donors (Lipinski definition) is 5. The van der Waals surface area contributed by atoms with Gasteiger partial charge in [-0.25, -0.2) is 14.6 Å². The van der Waals surface area contributed by atoms with E-state index in [1.807, 2.05) is 6.07 Å². The number of imidazole rings is 1. The van der Waals surface area contributed by atoms with E-state index in [0.29, 0.717) is 12.2 Å². The van der Waals surface area contributed by atoms with Gasteiger partial charge in [-0.15, -0.1) is 0 Å². The number of H-pyrrole nitrogens is 2. The van der Waals surface area contributed by atoms with Crippen molar-refractivity contribution >= 4 is 22.8 Å². The number of unbranched alkanes of at least 4 members (excludes halogenated alkanes) is 2. The van der Waals surface area contributed by atoms with Crippen molar-refractivity contribution in [2.45, 2.75) is 70.4 Å². The lowest BCUT2D eigenvalue weighted by molar-refractivity contribution is -0.134. The second-order valence-electron chi connectivity index (χ2n) is 10.3. The monoisotopic (exact) mass is 542 g/mol. The zero-order chi connectivity index (χ0) is 28.5. The smallest absolute Gasteiger partial charge is 0.328 e. The van der Waals surface area contributed by atoms with Crippen LogP contribution in [0.25, 0.3) is 22.2 Å². The summed E-state index contributed by atoms with van der Waals surface area (Å²) in [5.41, 5.74) is 6.26. The number of carbonyl (C=O) groups is 2. The van der Waals surface area contributed by atoms with Crippen LogP contribution in [0.2, 0.25) is 0 Å². The fraction of sp³-hybridized carbons (Fsp3) is 0.344. The highest BCUT2D eigenvalue weighted by atomic mass is 16.4. The SMILES string of the molecule is CCCCC1(CCCC)N[C@@H](c2nc(-c3ccccc3)c[nH]2)Cc2c1[nH]c1ccccc21.O=C(O)C=CC(=O)O. The Kier molecular flexibility index (Phi) is 9.56. The fourth-order valence-corrected chi connectivity index (χ4v) is 5.54. The Morgan fingerprint density at radius 2 is 1.57 bits per heavy atom. The van der Waals surface area contributed by atoms with Gasteiger partial charge in [-0.3, -0.25) is 5.32 Å². The molecule has 0 fully saturated rings. The molecule has 0 saturated carbocycles. The van der Waals surface area contributed by atoms with Gasteiger partial charge >= 0.3 is 11.9 Å². The van der Waals surface area contributed by atoms with Gasteiger partial charge in [0.05, 0.1) is 17.3 Å². The molecule has 1 aliphatic rings. The van der Waals surface area contributed by atoms with E-state index in [0.717, 1.165) is 36.3 Å². The average molecular weight is 543 g/mol. The molecular weight excluding hydrogens is 504 g/mol. The number of carboxylic acid groups (broad SMARTS) is 2. The van der Waals surface area contributed by atoms with Gasteiger partial charge in [0.25, 0.3) is 0 Å². The molecule has 3 heterocycles. The topological polar surface area (TPSA) is 131 Å². The summed E-state index contributed by atoms with van der Waals surface area (Å²) < 4.78 is 0. The first kappa shape index (κ1) is 28.8. The van der Waals surface area contributed by atoms with E-state index in [1.54, 1.807) is 0 Å². The van der Waals surface area contributed by atoms with E-state index in [1.165, 1.54) is 47.8 Å². The van der Waals surface area contributed by atoms with Crippen molar-refractivity contribution in [2.24, 2.45) is 0 Å². The van der Waals surface area contributed by atoms with Gasteiger partial charge in [0.1, 0.15) is 5.82 Å². The molecule has 210 valence electrons. The minimum Gasteiger partial charge on any atom is -0.478 e. The molecule has 5 rings (SSSR count). The maximum absolute atomic E-state index is 9.55. The van der Waals surface area contributed by atoms with Crippen LogP contribution in [0.1, 0.15) is 75.5 Å². The fourth-order valence-electron chi connectivity index (χ4n) is 5.54. The number of aromatic nitrogens is 3. The second-order valence-corrected chi connectivity index (χ2v) is 10.3. The van der Waals surface area contributed by atoms with Gasteiger partial charge in [-0.05, 0) is 30.9 Å². The molecule has 8 nitrogen and oxygen atoms in total. The van der Waals surface area contributed by atoms with Gasteiger partial charge in [0.2, 0.25) is 0 Å². The second kappa shape index (κ2) is 13.3. The van der Waals surface area contributed by atoms with E-state index in [4.69, 9.17) is 15.2 Å². The van der Waals surface area contributed by atoms with Crippen LogP contribution in [0.4, 0.5) is 0 Å². The maximum Gasteiger partial charge on any atom is 0.328 e. The Hall–Kier alpha value is -4.17. The Labute approximate surface area is 234 Å². The number of rotatable bonds is 10.